The molecule has 0 aliphatic heterocycles. The summed E-state index contributed by atoms with van der Waals surface area (Å²) >= 11 is 7.11. The van der Waals surface area contributed by atoms with Crippen molar-refractivity contribution in [2.75, 3.05) is 31.8 Å². The zero-order valence-corrected chi connectivity index (χ0v) is 17.5. The molecule has 0 aliphatic carbocycles. The maximum absolute atomic E-state index is 12.4. The van der Waals surface area contributed by atoms with Crippen LogP contribution in [0.5, 0.6) is 0 Å². The molecule has 0 spiro atoms. The Bertz CT molecular complexity index is 926. The number of carbonyl (C=O) groups is 1. The van der Waals surface area contributed by atoms with Crippen LogP contribution in [-0.2, 0) is 11.3 Å². The topological polar surface area (TPSA) is 62.5 Å². The molecule has 28 heavy (non-hydrogen) atoms. The van der Waals surface area contributed by atoms with E-state index in [1.54, 1.807) is 24.1 Å². The van der Waals surface area contributed by atoms with Crippen LogP contribution in [0.2, 0.25) is 5.02 Å². The predicted molar refractivity (Wildman–Crippen MR) is 113 cm³/mol. The number of hydrogen-bond acceptors (Lipinski definition) is 6. The van der Waals surface area contributed by atoms with E-state index in [2.05, 4.69) is 10.2 Å². The average molecular weight is 417 g/mol. The van der Waals surface area contributed by atoms with Gasteiger partial charge in [0.05, 0.1) is 5.75 Å². The number of aromatic nitrogens is 2. The van der Waals surface area contributed by atoms with Crippen molar-refractivity contribution < 1.29 is 9.21 Å². The number of rotatable bonds is 7. The molecule has 1 amide bonds. The molecule has 0 atom stereocenters. The fourth-order valence-electron chi connectivity index (χ4n) is 2.47. The van der Waals surface area contributed by atoms with Crippen LogP contribution in [0.25, 0.3) is 11.5 Å². The summed E-state index contributed by atoms with van der Waals surface area (Å²) in [7, 11) is 5.78. The van der Waals surface area contributed by atoms with Crippen molar-refractivity contribution in [3.05, 3.63) is 59.1 Å². The van der Waals surface area contributed by atoms with E-state index in [1.165, 1.54) is 11.8 Å². The first-order valence-electron chi connectivity index (χ1n) is 8.65. The third-order valence-corrected chi connectivity index (χ3v) is 5.17. The minimum absolute atomic E-state index is 0.00655. The molecule has 3 rings (SSSR count). The Hall–Kier alpha value is -2.51. The van der Waals surface area contributed by atoms with Crippen molar-refractivity contribution in [1.82, 2.24) is 15.1 Å². The van der Waals surface area contributed by atoms with Gasteiger partial charge in [-0.15, -0.1) is 10.2 Å². The highest BCUT2D eigenvalue weighted by atomic mass is 35.5. The lowest BCUT2D eigenvalue weighted by molar-refractivity contribution is -0.127. The zero-order valence-electron chi connectivity index (χ0n) is 15.9. The monoisotopic (exact) mass is 416 g/mol. The van der Waals surface area contributed by atoms with Crippen molar-refractivity contribution in [2.45, 2.75) is 11.8 Å². The molecule has 3 aromatic rings. The molecule has 0 unspecified atom stereocenters. The Morgan fingerprint density at radius 2 is 1.71 bits per heavy atom. The number of halogens is 1. The van der Waals surface area contributed by atoms with Crippen molar-refractivity contribution in [3.8, 4) is 11.5 Å². The number of nitrogens with zero attached hydrogens (tertiary/aromatic N) is 4. The maximum atomic E-state index is 12.4. The van der Waals surface area contributed by atoms with Crippen molar-refractivity contribution in [1.29, 1.82) is 0 Å². The Labute approximate surface area is 173 Å². The van der Waals surface area contributed by atoms with E-state index < -0.39 is 0 Å². The van der Waals surface area contributed by atoms with Crippen LogP contribution < -0.4 is 4.90 Å². The number of benzene rings is 2. The van der Waals surface area contributed by atoms with Gasteiger partial charge in [0.25, 0.3) is 5.22 Å². The van der Waals surface area contributed by atoms with Crippen LogP contribution in [0.1, 0.15) is 5.56 Å². The van der Waals surface area contributed by atoms with Gasteiger partial charge in [0, 0.05) is 44.0 Å². The molecule has 6 nitrogen and oxygen atoms in total. The van der Waals surface area contributed by atoms with E-state index in [1.807, 2.05) is 55.4 Å². The second-order valence-electron chi connectivity index (χ2n) is 6.48. The van der Waals surface area contributed by atoms with E-state index >= 15 is 0 Å². The van der Waals surface area contributed by atoms with Crippen LogP contribution >= 0.6 is 23.4 Å². The van der Waals surface area contributed by atoms with Gasteiger partial charge in [0.2, 0.25) is 11.8 Å². The van der Waals surface area contributed by atoms with Gasteiger partial charge in [-0.3, -0.25) is 4.79 Å². The standard InChI is InChI=1S/C20H21ClN4O2S/c1-24(2)17-10-4-14(5-11-17)12-25(3)18(26)13-28-20-23-22-19(27-20)15-6-8-16(21)9-7-15/h4-11H,12-13H2,1-3H3. The van der Waals surface area contributed by atoms with Crippen molar-refractivity contribution >= 4 is 35.0 Å². The molecule has 0 N–H and O–H groups in total. The SMILES string of the molecule is CN(Cc1ccc(N(C)C)cc1)C(=O)CSc1nnc(-c2ccc(Cl)cc2)o1. The van der Waals surface area contributed by atoms with Gasteiger partial charge in [0.1, 0.15) is 0 Å². The fraction of sp³-hybridized carbons (Fsp3) is 0.250. The highest BCUT2D eigenvalue weighted by Crippen LogP contribution is 2.24. The van der Waals surface area contributed by atoms with Gasteiger partial charge in [-0.25, -0.2) is 0 Å². The lowest BCUT2D eigenvalue weighted by Crippen LogP contribution is -2.27. The van der Waals surface area contributed by atoms with E-state index in [9.17, 15) is 4.79 Å². The summed E-state index contributed by atoms with van der Waals surface area (Å²) in [6.07, 6.45) is 0. The van der Waals surface area contributed by atoms with Gasteiger partial charge in [-0.05, 0) is 42.0 Å². The van der Waals surface area contributed by atoms with E-state index in [0.29, 0.717) is 22.7 Å². The van der Waals surface area contributed by atoms with Gasteiger partial charge >= 0.3 is 0 Å². The number of thioether (sulfide) groups is 1. The molecule has 0 fully saturated rings. The Morgan fingerprint density at radius 1 is 1.04 bits per heavy atom. The Balaban J connectivity index is 1.52. The molecule has 0 radical (unpaired) electrons. The maximum Gasteiger partial charge on any atom is 0.277 e. The molecule has 2 aromatic carbocycles. The van der Waals surface area contributed by atoms with Gasteiger partial charge < -0.3 is 14.2 Å². The van der Waals surface area contributed by atoms with Crippen molar-refractivity contribution in [2.24, 2.45) is 0 Å². The van der Waals surface area contributed by atoms with Gasteiger partial charge in [0.15, 0.2) is 0 Å². The second-order valence-corrected chi connectivity index (χ2v) is 7.84. The fourth-order valence-corrected chi connectivity index (χ4v) is 3.30. The molecular weight excluding hydrogens is 396 g/mol. The average Bonchev–Trinajstić information content (AvgIpc) is 3.16. The van der Waals surface area contributed by atoms with Crippen LogP contribution in [0.3, 0.4) is 0 Å². The Morgan fingerprint density at radius 3 is 2.36 bits per heavy atom. The largest absolute Gasteiger partial charge is 0.411 e. The summed E-state index contributed by atoms with van der Waals surface area (Å²) < 4.78 is 5.62. The van der Waals surface area contributed by atoms with Crippen LogP contribution in [0, 0.1) is 0 Å². The van der Waals surface area contributed by atoms with Gasteiger partial charge in [-0.2, -0.15) is 0 Å². The Kier molecular flexibility index (Phi) is 6.59. The first-order valence-corrected chi connectivity index (χ1v) is 10.0. The molecule has 0 saturated heterocycles. The van der Waals surface area contributed by atoms with Crippen molar-refractivity contribution in [3.63, 3.8) is 0 Å². The molecule has 1 heterocycles. The van der Waals surface area contributed by atoms with E-state index in [-0.39, 0.29) is 11.7 Å². The minimum Gasteiger partial charge on any atom is -0.411 e. The van der Waals surface area contributed by atoms with Gasteiger partial charge in [-0.1, -0.05) is 35.5 Å². The van der Waals surface area contributed by atoms with E-state index in [0.717, 1.165) is 16.8 Å². The smallest absolute Gasteiger partial charge is 0.277 e. The molecular formula is C20H21ClN4O2S. The quantitative estimate of drug-likeness (QED) is 0.538. The molecule has 0 bridgehead atoms. The summed E-state index contributed by atoms with van der Waals surface area (Å²) in [5.41, 5.74) is 2.99. The van der Waals surface area contributed by atoms with Crippen LogP contribution in [0.15, 0.2) is 58.2 Å². The van der Waals surface area contributed by atoms with E-state index in [4.69, 9.17) is 16.0 Å². The molecule has 0 saturated carbocycles. The second kappa shape index (κ2) is 9.12. The number of anilines is 1. The lowest BCUT2D eigenvalue weighted by Gasteiger charge is -2.18. The summed E-state index contributed by atoms with van der Waals surface area (Å²) in [5, 5.41) is 9.02. The first kappa shape index (κ1) is 20.2. The summed E-state index contributed by atoms with van der Waals surface area (Å²) in [4.78, 5) is 16.1. The normalized spacial score (nSPS) is 10.7. The molecule has 8 heteroatoms. The van der Waals surface area contributed by atoms with Crippen LogP contribution in [0.4, 0.5) is 5.69 Å². The number of hydrogen-bond donors (Lipinski definition) is 0. The molecule has 1 aromatic heterocycles. The van der Waals surface area contributed by atoms with Crippen LogP contribution in [-0.4, -0.2) is 47.9 Å². The molecule has 0 aliphatic rings. The highest BCUT2D eigenvalue weighted by molar-refractivity contribution is 7.99. The summed E-state index contributed by atoms with van der Waals surface area (Å²) in [6.45, 7) is 0.549. The third kappa shape index (κ3) is 5.27. The lowest BCUT2D eigenvalue weighted by atomic mass is 10.2. The predicted octanol–water partition coefficient (Wildman–Crippen LogP) is 4.21. The first-order chi connectivity index (χ1) is 13.4. The zero-order chi connectivity index (χ0) is 20.1. The highest BCUT2D eigenvalue weighted by Gasteiger charge is 2.14. The summed E-state index contributed by atoms with van der Waals surface area (Å²) in [6, 6.07) is 15.3. The minimum atomic E-state index is -0.00655. The third-order valence-electron chi connectivity index (χ3n) is 4.11. The summed E-state index contributed by atoms with van der Waals surface area (Å²) in [5.74, 6) is 0.628. The molecule has 146 valence electrons. The number of amides is 1. The number of carbonyl (C=O) groups excluding carboxylic acids is 1.